The van der Waals surface area contributed by atoms with Crippen molar-refractivity contribution < 1.29 is 9.90 Å². The van der Waals surface area contributed by atoms with Crippen molar-refractivity contribution in [1.29, 1.82) is 0 Å². The number of nitrogens with two attached hydrogens (primary N) is 1. The van der Waals surface area contributed by atoms with Crippen LogP contribution in [0.25, 0.3) is 0 Å². The standard InChI is InChI=1S/C15H23N3O2/c1-11-10-12(6-7-14(11)17-16)15(20)18(8-3-9-19)13-4-2-5-13/h6-7,10,13,17,19H,2-5,8-9,16H2,1H3. The van der Waals surface area contributed by atoms with E-state index in [0.29, 0.717) is 24.6 Å². The summed E-state index contributed by atoms with van der Waals surface area (Å²) in [5.41, 5.74) is 5.08. The van der Waals surface area contributed by atoms with Gasteiger partial charge in [0.1, 0.15) is 0 Å². The minimum atomic E-state index is 0.0508. The molecule has 110 valence electrons. The fourth-order valence-electron chi connectivity index (χ4n) is 2.51. The maximum atomic E-state index is 12.6. The predicted molar refractivity (Wildman–Crippen MR) is 79.4 cm³/mol. The molecule has 0 atom stereocenters. The molecule has 1 amide bonds. The van der Waals surface area contributed by atoms with E-state index in [0.717, 1.165) is 24.1 Å². The van der Waals surface area contributed by atoms with Crippen LogP contribution >= 0.6 is 0 Å². The molecule has 1 fully saturated rings. The second-order valence-electron chi connectivity index (χ2n) is 5.33. The van der Waals surface area contributed by atoms with Gasteiger partial charge < -0.3 is 15.4 Å². The number of carbonyl (C=O) groups excluding carboxylic acids is 1. The molecule has 4 N–H and O–H groups in total. The average Bonchev–Trinajstić information content (AvgIpc) is 2.40. The van der Waals surface area contributed by atoms with Gasteiger partial charge >= 0.3 is 0 Å². The number of hydrogen-bond acceptors (Lipinski definition) is 4. The molecule has 0 aliphatic heterocycles. The van der Waals surface area contributed by atoms with Crippen molar-refractivity contribution in [1.82, 2.24) is 4.90 Å². The third-order valence-corrected chi connectivity index (χ3v) is 3.96. The Balaban J connectivity index is 2.15. The molecular weight excluding hydrogens is 254 g/mol. The number of aryl methyl sites for hydroxylation is 1. The Labute approximate surface area is 119 Å². The number of carbonyl (C=O) groups is 1. The number of nitrogen functional groups attached to an aromatic ring is 1. The number of benzene rings is 1. The normalized spacial score (nSPS) is 14.8. The molecule has 0 heterocycles. The molecule has 5 nitrogen and oxygen atoms in total. The average molecular weight is 277 g/mol. The maximum Gasteiger partial charge on any atom is 0.254 e. The Hall–Kier alpha value is -1.59. The fourth-order valence-corrected chi connectivity index (χ4v) is 2.51. The molecule has 1 aromatic carbocycles. The van der Waals surface area contributed by atoms with E-state index in [1.807, 2.05) is 24.0 Å². The molecule has 1 aliphatic rings. The second-order valence-corrected chi connectivity index (χ2v) is 5.33. The van der Waals surface area contributed by atoms with E-state index in [2.05, 4.69) is 5.43 Å². The third kappa shape index (κ3) is 3.11. The van der Waals surface area contributed by atoms with Gasteiger partial charge in [-0.05, 0) is 56.4 Å². The second kappa shape index (κ2) is 6.72. The SMILES string of the molecule is Cc1cc(C(=O)N(CCCO)C2CCC2)ccc1NN. The van der Waals surface area contributed by atoms with Crippen molar-refractivity contribution in [3.63, 3.8) is 0 Å². The Morgan fingerprint density at radius 3 is 2.75 bits per heavy atom. The van der Waals surface area contributed by atoms with Gasteiger partial charge in [-0.2, -0.15) is 0 Å². The quantitative estimate of drug-likeness (QED) is 0.546. The molecule has 5 heteroatoms. The number of aliphatic hydroxyl groups excluding tert-OH is 1. The molecule has 2 rings (SSSR count). The molecule has 1 aliphatic carbocycles. The minimum absolute atomic E-state index is 0.0508. The Kier molecular flexibility index (Phi) is 4.98. The summed E-state index contributed by atoms with van der Waals surface area (Å²) in [6, 6.07) is 5.83. The number of anilines is 1. The summed E-state index contributed by atoms with van der Waals surface area (Å²) in [5, 5.41) is 8.99. The predicted octanol–water partition coefficient (Wildman–Crippen LogP) is 1.66. The van der Waals surface area contributed by atoms with Crippen molar-refractivity contribution in [2.75, 3.05) is 18.6 Å². The molecule has 1 saturated carbocycles. The lowest BCUT2D eigenvalue weighted by atomic mass is 9.90. The summed E-state index contributed by atoms with van der Waals surface area (Å²) in [6.07, 6.45) is 3.95. The monoisotopic (exact) mass is 277 g/mol. The zero-order valence-corrected chi connectivity index (χ0v) is 11.9. The van der Waals surface area contributed by atoms with Gasteiger partial charge in [0, 0.05) is 24.8 Å². The highest BCUT2D eigenvalue weighted by Crippen LogP contribution is 2.27. The zero-order valence-electron chi connectivity index (χ0n) is 11.9. The van der Waals surface area contributed by atoms with Crippen LogP contribution in [0.3, 0.4) is 0 Å². The van der Waals surface area contributed by atoms with E-state index in [9.17, 15) is 4.79 Å². The van der Waals surface area contributed by atoms with Crippen LogP contribution in [-0.4, -0.2) is 35.1 Å². The van der Waals surface area contributed by atoms with Crippen LogP contribution in [0.1, 0.15) is 41.6 Å². The largest absolute Gasteiger partial charge is 0.396 e. The summed E-state index contributed by atoms with van der Waals surface area (Å²) in [5.74, 6) is 5.46. The van der Waals surface area contributed by atoms with Crippen molar-refractivity contribution in [3.05, 3.63) is 29.3 Å². The lowest BCUT2D eigenvalue weighted by Gasteiger charge is -2.37. The van der Waals surface area contributed by atoms with Crippen molar-refractivity contribution in [2.45, 2.75) is 38.6 Å². The third-order valence-electron chi connectivity index (χ3n) is 3.96. The number of hydrogen-bond donors (Lipinski definition) is 3. The minimum Gasteiger partial charge on any atom is -0.396 e. The van der Waals surface area contributed by atoms with Crippen LogP contribution in [0.2, 0.25) is 0 Å². The van der Waals surface area contributed by atoms with E-state index < -0.39 is 0 Å². The van der Waals surface area contributed by atoms with Gasteiger partial charge in [0.25, 0.3) is 5.91 Å². The Morgan fingerprint density at radius 2 is 2.25 bits per heavy atom. The molecule has 0 bridgehead atoms. The number of amides is 1. The maximum absolute atomic E-state index is 12.6. The van der Waals surface area contributed by atoms with Gasteiger partial charge in [0.05, 0.1) is 5.69 Å². The van der Waals surface area contributed by atoms with E-state index in [1.54, 1.807) is 6.07 Å². The highest BCUT2D eigenvalue weighted by molar-refractivity contribution is 5.95. The number of hydrazine groups is 1. The van der Waals surface area contributed by atoms with Crippen LogP contribution < -0.4 is 11.3 Å². The van der Waals surface area contributed by atoms with E-state index in [-0.39, 0.29) is 12.5 Å². The first-order valence-electron chi connectivity index (χ1n) is 7.16. The van der Waals surface area contributed by atoms with Crippen LogP contribution in [0.5, 0.6) is 0 Å². The van der Waals surface area contributed by atoms with Gasteiger partial charge in [0.2, 0.25) is 0 Å². The summed E-state index contributed by atoms with van der Waals surface area (Å²) < 4.78 is 0. The van der Waals surface area contributed by atoms with Crippen LogP contribution in [0.15, 0.2) is 18.2 Å². The number of rotatable bonds is 6. The van der Waals surface area contributed by atoms with Crippen molar-refractivity contribution in [2.24, 2.45) is 5.84 Å². The molecule has 1 aromatic rings. The smallest absolute Gasteiger partial charge is 0.254 e. The van der Waals surface area contributed by atoms with E-state index in [4.69, 9.17) is 10.9 Å². The van der Waals surface area contributed by atoms with Gasteiger partial charge in [-0.3, -0.25) is 10.6 Å². The highest BCUT2D eigenvalue weighted by Gasteiger charge is 2.29. The zero-order chi connectivity index (χ0) is 14.5. The number of nitrogens with one attached hydrogen (secondary N) is 1. The molecule has 0 radical (unpaired) electrons. The number of nitrogens with zero attached hydrogens (tertiary/aromatic N) is 1. The molecular formula is C15H23N3O2. The van der Waals surface area contributed by atoms with Gasteiger partial charge in [-0.25, -0.2) is 0 Å². The van der Waals surface area contributed by atoms with Crippen LogP contribution in [-0.2, 0) is 0 Å². The summed E-state index contributed by atoms with van der Waals surface area (Å²) >= 11 is 0. The molecule has 20 heavy (non-hydrogen) atoms. The van der Waals surface area contributed by atoms with Crippen LogP contribution in [0.4, 0.5) is 5.69 Å². The highest BCUT2D eigenvalue weighted by atomic mass is 16.3. The van der Waals surface area contributed by atoms with Crippen molar-refractivity contribution >= 4 is 11.6 Å². The summed E-state index contributed by atoms with van der Waals surface area (Å²) in [4.78, 5) is 14.5. The van der Waals surface area contributed by atoms with Crippen molar-refractivity contribution in [3.8, 4) is 0 Å². The Bertz CT molecular complexity index is 472. The lowest BCUT2D eigenvalue weighted by molar-refractivity contribution is 0.0562. The molecule has 0 aromatic heterocycles. The fraction of sp³-hybridized carbons (Fsp3) is 0.533. The first kappa shape index (κ1) is 14.8. The van der Waals surface area contributed by atoms with Gasteiger partial charge in [-0.15, -0.1) is 0 Å². The first-order valence-corrected chi connectivity index (χ1v) is 7.16. The van der Waals surface area contributed by atoms with Crippen LogP contribution in [0, 0.1) is 6.92 Å². The topological polar surface area (TPSA) is 78.6 Å². The Morgan fingerprint density at radius 1 is 1.50 bits per heavy atom. The summed E-state index contributed by atoms with van der Waals surface area (Å²) in [6.45, 7) is 2.66. The molecule has 0 unspecified atom stereocenters. The summed E-state index contributed by atoms with van der Waals surface area (Å²) in [7, 11) is 0. The van der Waals surface area contributed by atoms with Gasteiger partial charge in [0.15, 0.2) is 0 Å². The van der Waals surface area contributed by atoms with E-state index in [1.165, 1.54) is 6.42 Å². The first-order chi connectivity index (χ1) is 9.67. The van der Waals surface area contributed by atoms with Gasteiger partial charge in [-0.1, -0.05) is 0 Å². The number of aliphatic hydroxyl groups is 1. The van der Waals surface area contributed by atoms with E-state index >= 15 is 0 Å². The molecule has 0 spiro atoms. The lowest BCUT2D eigenvalue weighted by Crippen LogP contribution is -2.45. The molecule has 0 saturated heterocycles.